The maximum atomic E-state index is 13.2. The van der Waals surface area contributed by atoms with E-state index in [9.17, 15) is 18.8 Å². The fourth-order valence-electron chi connectivity index (χ4n) is 4.24. The van der Waals surface area contributed by atoms with E-state index in [-0.39, 0.29) is 42.5 Å². The maximum absolute atomic E-state index is 13.2. The van der Waals surface area contributed by atoms with E-state index < -0.39 is 0 Å². The largest absolute Gasteiger partial charge is 0.336 e. The average Bonchev–Trinajstić information content (AvgIpc) is 3.28. The molecule has 0 radical (unpaired) electrons. The van der Waals surface area contributed by atoms with Gasteiger partial charge >= 0.3 is 0 Å². The Balaban J connectivity index is 1.36. The second-order valence-electron chi connectivity index (χ2n) is 7.71. The molecule has 0 bridgehead atoms. The Morgan fingerprint density at radius 2 is 1.79 bits per heavy atom. The van der Waals surface area contributed by atoms with Crippen LogP contribution >= 0.6 is 0 Å². The number of likely N-dealkylation sites (tertiary alicyclic amines) is 1. The van der Waals surface area contributed by atoms with Gasteiger partial charge in [0.05, 0.1) is 17.2 Å². The first-order valence-electron chi connectivity index (χ1n) is 9.97. The van der Waals surface area contributed by atoms with Gasteiger partial charge in [0, 0.05) is 19.5 Å². The molecule has 4 rings (SSSR count). The van der Waals surface area contributed by atoms with E-state index in [2.05, 4.69) is 0 Å². The number of nitrogens with zero attached hydrogens (tertiary/aromatic N) is 2. The van der Waals surface area contributed by atoms with Crippen molar-refractivity contribution in [2.75, 3.05) is 13.1 Å². The molecule has 2 heterocycles. The minimum atomic E-state index is -0.291. The highest BCUT2D eigenvalue weighted by Crippen LogP contribution is 2.32. The molecule has 2 aromatic rings. The van der Waals surface area contributed by atoms with Crippen LogP contribution in [0.2, 0.25) is 0 Å². The molecule has 0 N–H and O–H groups in total. The summed E-state index contributed by atoms with van der Waals surface area (Å²) in [6.07, 6.45) is 2.46. The molecule has 3 amide bonds. The van der Waals surface area contributed by atoms with Gasteiger partial charge in [-0.15, -0.1) is 0 Å². The smallest absolute Gasteiger partial charge is 0.261 e. The van der Waals surface area contributed by atoms with Gasteiger partial charge in [-0.1, -0.05) is 23.8 Å². The van der Waals surface area contributed by atoms with Crippen molar-refractivity contribution in [2.24, 2.45) is 0 Å². The van der Waals surface area contributed by atoms with Crippen molar-refractivity contribution < 1.29 is 18.8 Å². The maximum Gasteiger partial charge on any atom is 0.261 e. The molecule has 150 valence electrons. The van der Waals surface area contributed by atoms with Gasteiger partial charge in [-0.05, 0) is 56.0 Å². The minimum absolute atomic E-state index is 0.00396. The third kappa shape index (κ3) is 3.67. The number of rotatable bonds is 5. The molecule has 1 fully saturated rings. The lowest BCUT2D eigenvalue weighted by molar-refractivity contribution is -0.132. The molecule has 29 heavy (non-hydrogen) atoms. The number of benzene rings is 2. The predicted molar refractivity (Wildman–Crippen MR) is 106 cm³/mol. The highest BCUT2D eigenvalue weighted by Gasteiger charge is 2.35. The second-order valence-corrected chi connectivity index (χ2v) is 7.71. The molecule has 2 aliphatic heterocycles. The predicted octanol–water partition coefficient (Wildman–Crippen LogP) is 3.87. The SMILES string of the molecule is Cc1ccc2c(c1)C(=O)N(CCCC(=O)N1CCCC1c1ccc(F)cc1)C2=O. The van der Waals surface area contributed by atoms with E-state index in [4.69, 9.17) is 0 Å². The summed E-state index contributed by atoms with van der Waals surface area (Å²) in [6, 6.07) is 11.5. The first-order valence-corrected chi connectivity index (χ1v) is 9.97. The lowest BCUT2D eigenvalue weighted by Gasteiger charge is -2.25. The second kappa shape index (κ2) is 7.78. The highest BCUT2D eigenvalue weighted by molar-refractivity contribution is 6.21. The number of hydrogen-bond acceptors (Lipinski definition) is 3. The third-order valence-electron chi connectivity index (χ3n) is 5.73. The van der Waals surface area contributed by atoms with E-state index in [0.29, 0.717) is 24.1 Å². The Morgan fingerprint density at radius 3 is 2.55 bits per heavy atom. The molecule has 1 saturated heterocycles. The van der Waals surface area contributed by atoms with Crippen molar-refractivity contribution >= 4 is 17.7 Å². The Bertz CT molecular complexity index is 971. The normalized spacial score (nSPS) is 18.5. The molecule has 5 nitrogen and oxygen atoms in total. The van der Waals surface area contributed by atoms with Crippen LogP contribution < -0.4 is 0 Å². The Kier molecular flexibility index (Phi) is 5.18. The first kappa shape index (κ1) is 19.3. The van der Waals surface area contributed by atoms with Crippen molar-refractivity contribution in [1.82, 2.24) is 9.80 Å². The molecule has 1 atom stereocenters. The van der Waals surface area contributed by atoms with Crippen molar-refractivity contribution in [2.45, 2.75) is 38.6 Å². The number of fused-ring (bicyclic) bond motifs is 1. The van der Waals surface area contributed by atoms with Crippen molar-refractivity contribution in [3.8, 4) is 0 Å². The van der Waals surface area contributed by atoms with Crippen molar-refractivity contribution in [1.29, 1.82) is 0 Å². The summed E-state index contributed by atoms with van der Waals surface area (Å²) in [6.45, 7) is 2.78. The fraction of sp³-hybridized carbons (Fsp3) is 0.348. The number of carbonyl (C=O) groups excluding carboxylic acids is 3. The molecule has 6 heteroatoms. The quantitative estimate of drug-likeness (QED) is 0.724. The van der Waals surface area contributed by atoms with Crippen molar-refractivity contribution in [3.63, 3.8) is 0 Å². The van der Waals surface area contributed by atoms with Gasteiger partial charge in [0.2, 0.25) is 5.91 Å². The molecular formula is C23H23FN2O3. The van der Waals surface area contributed by atoms with Crippen LogP contribution in [0.5, 0.6) is 0 Å². The average molecular weight is 394 g/mol. The van der Waals surface area contributed by atoms with Gasteiger partial charge in [-0.2, -0.15) is 0 Å². The number of carbonyl (C=O) groups is 3. The van der Waals surface area contributed by atoms with Gasteiger partial charge in [0.1, 0.15) is 5.82 Å². The van der Waals surface area contributed by atoms with E-state index >= 15 is 0 Å². The van der Waals surface area contributed by atoms with Crippen LogP contribution in [-0.4, -0.2) is 40.6 Å². The van der Waals surface area contributed by atoms with E-state index in [0.717, 1.165) is 24.0 Å². The molecule has 1 unspecified atom stereocenters. The van der Waals surface area contributed by atoms with Crippen LogP contribution in [-0.2, 0) is 4.79 Å². The number of amides is 3. The van der Waals surface area contributed by atoms with Crippen LogP contribution in [0.4, 0.5) is 4.39 Å². The molecular weight excluding hydrogens is 371 g/mol. The van der Waals surface area contributed by atoms with Gasteiger partial charge in [0.15, 0.2) is 0 Å². The van der Waals surface area contributed by atoms with Gasteiger partial charge < -0.3 is 4.90 Å². The van der Waals surface area contributed by atoms with E-state index in [1.807, 2.05) is 17.9 Å². The molecule has 0 aromatic heterocycles. The first-order chi connectivity index (χ1) is 14.0. The Hall–Kier alpha value is -3.02. The fourth-order valence-corrected chi connectivity index (χ4v) is 4.24. The van der Waals surface area contributed by atoms with Gasteiger partial charge in [-0.3, -0.25) is 19.3 Å². The summed E-state index contributed by atoms with van der Waals surface area (Å²) >= 11 is 0. The number of aryl methyl sites for hydroxylation is 1. The monoisotopic (exact) mass is 394 g/mol. The highest BCUT2D eigenvalue weighted by atomic mass is 19.1. The van der Waals surface area contributed by atoms with Crippen LogP contribution in [0.1, 0.15) is 63.6 Å². The summed E-state index contributed by atoms with van der Waals surface area (Å²) in [5, 5.41) is 0. The van der Waals surface area contributed by atoms with Crippen LogP contribution in [0.25, 0.3) is 0 Å². The number of halogens is 1. The van der Waals surface area contributed by atoms with E-state index in [1.54, 1.807) is 24.3 Å². The zero-order valence-corrected chi connectivity index (χ0v) is 16.4. The Morgan fingerprint density at radius 1 is 1.07 bits per heavy atom. The summed E-state index contributed by atoms with van der Waals surface area (Å²) in [5.41, 5.74) is 2.75. The lowest BCUT2D eigenvalue weighted by Crippen LogP contribution is -2.33. The summed E-state index contributed by atoms with van der Waals surface area (Å²) < 4.78 is 13.2. The number of imide groups is 1. The molecule has 2 aromatic carbocycles. The zero-order chi connectivity index (χ0) is 20.5. The van der Waals surface area contributed by atoms with Crippen molar-refractivity contribution in [3.05, 3.63) is 70.5 Å². The molecule has 0 aliphatic carbocycles. The zero-order valence-electron chi connectivity index (χ0n) is 16.4. The Labute approximate surface area is 169 Å². The molecule has 0 saturated carbocycles. The minimum Gasteiger partial charge on any atom is -0.336 e. The van der Waals surface area contributed by atoms with E-state index in [1.165, 1.54) is 17.0 Å². The number of hydrogen-bond donors (Lipinski definition) is 0. The van der Waals surface area contributed by atoms with Crippen LogP contribution in [0, 0.1) is 12.7 Å². The lowest BCUT2D eigenvalue weighted by atomic mass is 10.0. The topological polar surface area (TPSA) is 57.7 Å². The summed E-state index contributed by atoms with van der Waals surface area (Å²) in [5.74, 6) is -0.862. The molecule has 2 aliphatic rings. The third-order valence-corrected chi connectivity index (χ3v) is 5.73. The summed E-state index contributed by atoms with van der Waals surface area (Å²) in [4.78, 5) is 40.9. The van der Waals surface area contributed by atoms with Crippen LogP contribution in [0.3, 0.4) is 0 Å². The van der Waals surface area contributed by atoms with Crippen LogP contribution in [0.15, 0.2) is 42.5 Å². The van der Waals surface area contributed by atoms with Gasteiger partial charge in [0.25, 0.3) is 11.8 Å². The molecule has 0 spiro atoms. The summed E-state index contributed by atoms with van der Waals surface area (Å²) in [7, 11) is 0. The van der Waals surface area contributed by atoms with Gasteiger partial charge in [-0.25, -0.2) is 4.39 Å². The standard InChI is InChI=1S/C23H23FN2O3/c1-15-6-11-18-19(14-15)23(29)26(22(18)28)13-3-5-21(27)25-12-2-4-20(25)16-7-9-17(24)10-8-16/h6-11,14,20H,2-5,12-13H2,1H3.